The van der Waals surface area contributed by atoms with E-state index in [0.29, 0.717) is 23.2 Å². The van der Waals surface area contributed by atoms with Crippen molar-refractivity contribution in [2.24, 2.45) is 0 Å². The summed E-state index contributed by atoms with van der Waals surface area (Å²) in [7, 11) is 0. The van der Waals surface area contributed by atoms with Gasteiger partial charge in [-0.2, -0.15) is 0 Å². The molecule has 0 fully saturated rings. The fraction of sp³-hybridized carbons (Fsp3) is 0.250. The molecular formula is C20H21N5O5S. The Bertz CT molecular complexity index is 1080. The third-order valence-electron chi connectivity index (χ3n) is 4.27. The Balaban J connectivity index is 1.61. The molecule has 0 aliphatic heterocycles. The fourth-order valence-electron chi connectivity index (χ4n) is 2.82. The second-order valence-electron chi connectivity index (χ2n) is 6.48. The lowest BCUT2D eigenvalue weighted by molar-refractivity contribution is -0.113. The quantitative estimate of drug-likeness (QED) is 0.429. The number of benzene rings is 1. The average Bonchev–Trinajstić information content (AvgIpc) is 3.42. The SMILES string of the molecule is CCn1c(SCC(=O)Nc2cccc(C(=O)O)c2)nnc1[C@@H](C)NC(=O)c1ccco1. The summed E-state index contributed by atoms with van der Waals surface area (Å²) in [6.45, 7) is 4.25. The Labute approximate surface area is 182 Å². The van der Waals surface area contributed by atoms with Gasteiger partial charge >= 0.3 is 5.97 Å². The van der Waals surface area contributed by atoms with E-state index in [1.54, 1.807) is 31.2 Å². The normalized spacial score (nSPS) is 11.7. The number of hydrogen-bond acceptors (Lipinski definition) is 7. The molecule has 1 aromatic carbocycles. The van der Waals surface area contributed by atoms with Gasteiger partial charge in [0.2, 0.25) is 5.91 Å². The van der Waals surface area contributed by atoms with Gasteiger partial charge in [0.1, 0.15) is 0 Å². The number of furan rings is 1. The first-order valence-corrected chi connectivity index (χ1v) is 10.4. The van der Waals surface area contributed by atoms with E-state index in [2.05, 4.69) is 20.8 Å². The molecule has 3 rings (SSSR count). The second-order valence-corrected chi connectivity index (χ2v) is 7.42. The van der Waals surface area contributed by atoms with Crippen molar-refractivity contribution in [1.82, 2.24) is 20.1 Å². The molecule has 0 spiro atoms. The maximum atomic E-state index is 12.3. The monoisotopic (exact) mass is 443 g/mol. The molecule has 0 saturated carbocycles. The highest BCUT2D eigenvalue weighted by molar-refractivity contribution is 7.99. The summed E-state index contributed by atoms with van der Waals surface area (Å²) >= 11 is 1.19. The number of nitrogens with zero attached hydrogens (tertiary/aromatic N) is 3. The van der Waals surface area contributed by atoms with E-state index >= 15 is 0 Å². The fourth-order valence-corrected chi connectivity index (χ4v) is 3.63. The zero-order valence-electron chi connectivity index (χ0n) is 16.9. The molecule has 2 heterocycles. The van der Waals surface area contributed by atoms with E-state index in [0.717, 1.165) is 0 Å². The van der Waals surface area contributed by atoms with Crippen LogP contribution in [0, 0.1) is 0 Å². The van der Waals surface area contributed by atoms with E-state index < -0.39 is 12.0 Å². The van der Waals surface area contributed by atoms with Crippen LogP contribution in [-0.4, -0.2) is 43.4 Å². The Morgan fingerprint density at radius 1 is 1.23 bits per heavy atom. The van der Waals surface area contributed by atoms with Crippen LogP contribution in [-0.2, 0) is 11.3 Å². The van der Waals surface area contributed by atoms with Gasteiger partial charge in [0.05, 0.1) is 23.6 Å². The molecule has 3 aromatic rings. The van der Waals surface area contributed by atoms with Gasteiger partial charge in [0.15, 0.2) is 16.7 Å². The van der Waals surface area contributed by atoms with Crippen molar-refractivity contribution in [3.8, 4) is 0 Å². The number of carboxylic acids is 1. The Kier molecular flexibility index (Phi) is 7.08. The molecule has 0 aliphatic rings. The maximum Gasteiger partial charge on any atom is 0.335 e. The molecule has 10 nitrogen and oxygen atoms in total. The molecular weight excluding hydrogens is 422 g/mol. The smallest absolute Gasteiger partial charge is 0.335 e. The molecule has 31 heavy (non-hydrogen) atoms. The summed E-state index contributed by atoms with van der Waals surface area (Å²) in [5, 5.41) is 23.4. The predicted molar refractivity (Wildman–Crippen MR) is 113 cm³/mol. The molecule has 0 radical (unpaired) electrons. The third kappa shape index (κ3) is 5.51. The summed E-state index contributed by atoms with van der Waals surface area (Å²) in [5.41, 5.74) is 0.490. The summed E-state index contributed by atoms with van der Waals surface area (Å²) in [6, 6.07) is 8.79. The average molecular weight is 443 g/mol. The van der Waals surface area contributed by atoms with Crippen LogP contribution in [0.4, 0.5) is 5.69 Å². The third-order valence-corrected chi connectivity index (χ3v) is 5.23. The van der Waals surface area contributed by atoms with Gasteiger partial charge in [-0.1, -0.05) is 17.8 Å². The lowest BCUT2D eigenvalue weighted by Crippen LogP contribution is -2.28. The first-order valence-electron chi connectivity index (χ1n) is 9.42. The highest BCUT2D eigenvalue weighted by atomic mass is 32.2. The molecule has 0 unspecified atom stereocenters. The van der Waals surface area contributed by atoms with Crippen molar-refractivity contribution < 1.29 is 23.9 Å². The molecule has 0 aliphatic carbocycles. The molecule has 0 saturated heterocycles. The van der Waals surface area contributed by atoms with Gasteiger partial charge in [-0.15, -0.1) is 10.2 Å². The van der Waals surface area contributed by atoms with E-state index in [1.165, 1.54) is 30.2 Å². The summed E-state index contributed by atoms with van der Waals surface area (Å²) in [6.07, 6.45) is 1.42. The summed E-state index contributed by atoms with van der Waals surface area (Å²) < 4.78 is 6.91. The van der Waals surface area contributed by atoms with Crippen molar-refractivity contribution in [2.75, 3.05) is 11.1 Å². The van der Waals surface area contributed by atoms with Crippen LogP contribution in [0.1, 0.15) is 46.6 Å². The molecule has 3 N–H and O–H groups in total. The van der Waals surface area contributed by atoms with Crippen LogP contribution < -0.4 is 10.6 Å². The van der Waals surface area contributed by atoms with Gasteiger partial charge in [-0.25, -0.2) is 4.79 Å². The Morgan fingerprint density at radius 2 is 2.03 bits per heavy atom. The molecule has 11 heteroatoms. The lowest BCUT2D eigenvalue weighted by atomic mass is 10.2. The maximum absolute atomic E-state index is 12.3. The van der Waals surface area contributed by atoms with Gasteiger partial charge in [-0.05, 0) is 44.2 Å². The van der Waals surface area contributed by atoms with Crippen LogP contribution in [0.5, 0.6) is 0 Å². The predicted octanol–water partition coefficient (Wildman–Crippen LogP) is 2.81. The van der Waals surface area contributed by atoms with Crippen LogP contribution in [0.2, 0.25) is 0 Å². The van der Waals surface area contributed by atoms with Crippen molar-refractivity contribution >= 4 is 35.2 Å². The number of aromatic carboxylic acids is 1. The second kappa shape index (κ2) is 9.94. The van der Waals surface area contributed by atoms with E-state index in [-0.39, 0.29) is 28.9 Å². The molecule has 162 valence electrons. The first kappa shape index (κ1) is 22.1. The topological polar surface area (TPSA) is 139 Å². The molecule has 0 bridgehead atoms. The highest BCUT2D eigenvalue weighted by Crippen LogP contribution is 2.21. The number of anilines is 1. The van der Waals surface area contributed by atoms with Crippen molar-refractivity contribution in [3.63, 3.8) is 0 Å². The van der Waals surface area contributed by atoms with Crippen LogP contribution in [0.15, 0.2) is 52.2 Å². The summed E-state index contributed by atoms with van der Waals surface area (Å²) in [4.78, 5) is 35.5. The molecule has 2 aromatic heterocycles. The largest absolute Gasteiger partial charge is 0.478 e. The number of hydrogen-bond donors (Lipinski definition) is 3. The van der Waals surface area contributed by atoms with Gasteiger partial charge in [0, 0.05) is 12.2 Å². The van der Waals surface area contributed by atoms with Crippen molar-refractivity contribution in [2.45, 2.75) is 31.6 Å². The van der Waals surface area contributed by atoms with Crippen molar-refractivity contribution in [3.05, 3.63) is 59.8 Å². The number of carbonyl (C=O) groups is 3. The number of rotatable bonds is 9. The number of thioether (sulfide) groups is 1. The van der Waals surface area contributed by atoms with Crippen molar-refractivity contribution in [1.29, 1.82) is 0 Å². The summed E-state index contributed by atoms with van der Waals surface area (Å²) in [5.74, 6) is -0.920. The van der Waals surface area contributed by atoms with Crippen LogP contribution in [0.3, 0.4) is 0 Å². The minimum Gasteiger partial charge on any atom is -0.478 e. The standard InChI is InChI=1S/C20H21N5O5S/c1-3-25-17(12(2)21-18(27)15-8-5-9-30-15)23-24-20(25)31-11-16(26)22-14-7-4-6-13(10-14)19(28)29/h4-10,12H,3,11H2,1-2H3,(H,21,27)(H,22,26)(H,28,29)/t12-/m1/s1. The van der Waals surface area contributed by atoms with Gasteiger partial charge in [0.25, 0.3) is 5.91 Å². The number of carboxylic acid groups (broad SMARTS) is 1. The number of aromatic nitrogens is 3. The van der Waals surface area contributed by atoms with Crippen LogP contribution in [0.25, 0.3) is 0 Å². The molecule has 2 amide bonds. The zero-order chi connectivity index (χ0) is 22.4. The van der Waals surface area contributed by atoms with E-state index in [9.17, 15) is 14.4 Å². The van der Waals surface area contributed by atoms with Crippen LogP contribution >= 0.6 is 11.8 Å². The minimum atomic E-state index is -1.07. The number of amides is 2. The van der Waals surface area contributed by atoms with E-state index in [1.807, 2.05) is 11.5 Å². The zero-order valence-corrected chi connectivity index (χ0v) is 17.7. The Morgan fingerprint density at radius 3 is 2.71 bits per heavy atom. The van der Waals surface area contributed by atoms with E-state index in [4.69, 9.17) is 9.52 Å². The first-order chi connectivity index (χ1) is 14.9. The van der Waals surface area contributed by atoms with Gasteiger partial charge < -0.3 is 24.7 Å². The molecule has 1 atom stereocenters. The minimum absolute atomic E-state index is 0.0581. The highest BCUT2D eigenvalue weighted by Gasteiger charge is 2.21. The lowest BCUT2D eigenvalue weighted by Gasteiger charge is -2.14. The van der Waals surface area contributed by atoms with Gasteiger partial charge in [-0.3, -0.25) is 9.59 Å². The number of carbonyl (C=O) groups excluding carboxylic acids is 2. The Hall–Kier alpha value is -3.60. The number of nitrogens with one attached hydrogen (secondary N) is 2.